The smallest absolute Gasteiger partial charge is 0.328 e. The van der Waals surface area contributed by atoms with E-state index in [0.717, 1.165) is 36.9 Å². The number of nitrogens with zero attached hydrogens (tertiary/aromatic N) is 3. The second-order valence-corrected chi connectivity index (χ2v) is 6.61. The zero-order valence-electron chi connectivity index (χ0n) is 14.8. The third-order valence-electron chi connectivity index (χ3n) is 5.06. The second-order valence-electron chi connectivity index (χ2n) is 6.61. The Morgan fingerprint density at radius 2 is 1.92 bits per heavy atom. The third kappa shape index (κ3) is 3.08. The van der Waals surface area contributed by atoms with E-state index in [1.165, 1.54) is 12.6 Å². The molecule has 1 saturated carbocycles. The van der Waals surface area contributed by atoms with Crippen LogP contribution in [0.3, 0.4) is 0 Å². The Kier molecular flexibility index (Phi) is 4.80. The predicted octanol–water partition coefficient (Wildman–Crippen LogP) is 2.31. The van der Waals surface area contributed by atoms with Crippen LogP contribution in [-0.2, 0) is 0 Å². The summed E-state index contributed by atoms with van der Waals surface area (Å²) in [6.45, 7) is 3.85. The van der Waals surface area contributed by atoms with Gasteiger partial charge in [0.05, 0.1) is 5.56 Å². The third-order valence-corrected chi connectivity index (χ3v) is 5.06. The summed E-state index contributed by atoms with van der Waals surface area (Å²) in [5, 5.41) is 19.4. The van der Waals surface area contributed by atoms with Crippen molar-refractivity contribution in [2.75, 3.05) is 0 Å². The quantitative estimate of drug-likeness (QED) is 0.730. The number of hydrogen-bond acceptors (Lipinski definition) is 5. The standard InChI is InChI=1S/C18H21N5O3/c1-10-11(2)23(12-6-4-3-5-7-12)15(13(10)8-19)20-9-14-16(24)21-18(26)22-17(14)25/h9,12H,3-7H2,1-2H3,(H3,21,22,24,25,26)/b20-9+. The fraction of sp³-hybridized carbons (Fsp3) is 0.444. The molecule has 2 aromatic heterocycles. The van der Waals surface area contributed by atoms with E-state index < -0.39 is 17.1 Å². The summed E-state index contributed by atoms with van der Waals surface area (Å²) in [6, 6.07) is 2.46. The van der Waals surface area contributed by atoms with Gasteiger partial charge in [-0.3, -0.25) is 14.8 Å². The Morgan fingerprint density at radius 1 is 1.23 bits per heavy atom. The molecule has 2 heterocycles. The summed E-state index contributed by atoms with van der Waals surface area (Å²) < 4.78 is 2.07. The van der Waals surface area contributed by atoms with Gasteiger partial charge < -0.3 is 9.67 Å². The lowest BCUT2D eigenvalue weighted by atomic mass is 9.95. The lowest BCUT2D eigenvalue weighted by molar-refractivity contribution is 0.352. The Bertz CT molecular complexity index is 1010. The van der Waals surface area contributed by atoms with E-state index >= 15 is 0 Å². The molecule has 1 fully saturated rings. The molecule has 0 aromatic carbocycles. The minimum Gasteiger partial charge on any atom is -0.494 e. The van der Waals surface area contributed by atoms with Crippen molar-refractivity contribution in [2.45, 2.75) is 52.0 Å². The van der Waals surface area contributed by atoms with E-state index in [1.54, 1.807) is 0 Å². The van der Waals surface area contributed by atoms with Crippen LogP contribution in [-0.4, -0.2) is 25.9 Å². The molecule has 26 heavy (non-hydrogen) atoms. The lowest BCUT2D eigenvalue weighted by Gasteiger charge is -2.26. The highest BCUT2D eigenvalue weighted by Gasteiger charge is 2.24. The first-order valence-corrected chi connectivity index (χ1v) is 8.65. The highest BCUT2D eigenvalue weighted by molar-refractivity contribution is 5.84. The molecular weight excluding hydrogens is 334 g/mol. The van der Waals surface area contributed by atoms with Crippen LogP contribution in [0.5, 0.6) is 5.88 Å². The molecule has 0 aliphatic heterocycles. The van der Waals surface area contributed by atoms with Crippen LogP contribution < -0.4 is 11.2 Å². The minimum atomic E-state index is -0.792. The number of nitriles is 1. The van der Waals surface area contributed by atoms with Crippen LogP contribution in [0.4, 0.5) is 5.82 Å². The van der Waals surface area contributed by atoms with Gasteiger partial charge in [-0.2, -0.15) is 5.26 Å². The molecule has 0 bridgehead atoms. The normalized spacial score (nSPS) is 15.4. The van der Waals surface area contributed by atoms with Gasteiger partial charge in [-0.15, -0.1) is 0 Å². The number of aromatic hydroxyl groups is 1. The molecule has 0 spiro atoms. The van der Waals surface area contributed by atoms with Crippen LogP contribution in [0.2, 0.25) is 0 Å². The number of aliphatic imine (C=N–C) groups is 1. The molecule has 8 nitrogen and oxygen atoms in total. The van der Waals surface area contributed by atoms with Gasteiger partial charge in [0, 0.05) is 18.0 Å². The van der Waals surface area contributed by atoms with Crippen LogP contribution in [0, 0.1) is 25.2 Å². The summed E-state index contributed by atoms with van der Waals surface area (Å²) in [6.07, 6.45) is 6.71. The zero-order valence-corrected chi connectivity index (χ0v) is 14.8. The molecule has 0 amide bonds. The van der Waals surface area contributed by atoms with Crippen molar-refractivity contribution in [3.63, 3.8) is 0 Å². The van der Waals surface area contributed by atoms with E-state index in [0.29, 0.717) is 11.4 Å². The Morgan fingerprint density at radius 3 is 2.54 bits per heavy atom. The first-order valence-electron chi connectivity index (χ1n) is 8.65. The average molecular weight is 355 g/mol. The number of aromatic amines is 2. The number of hydrogen-bond donors (Lipinski definition) is 3. The van der Waals surface area contributed by atoms with Gasteiger partial charge in [-0.1, -0.05) is 19.3 Å². The van der Waals surface area contributed by atoms with Gasteiger partial charge in [-0.05, 0) is 32.3 Å². The Hall–Kier alpha value is -3.08. The molecule has 2 aromatic rings. The van der Waals surface area contributed by atoms with Gasteiger partial charge >= 0.3 is 5.69 Å². The first-order chi connectivity index (χ1) is 12.4. The van der Waals surface area contributed by atoms with Crippen LogP contribution >= 0.6 is 0 Å². The zero-order chi connectivity index (χ0) is 18.8. The van der Waals surface area contributed by atoms with E-state index in [4.69, 9.17) is 0 Å². The van der Waals surface area contributed by atoms with Crippen molar-refractivity contribution >= 4 is 12.0 Å². The summed E-state index contributed by atoms with van der Waals surface area (Å²) in [7, 11) is 0. The summed E-state index contributed by atoms with van der Waals surface area (Å²) >= 11 is 0. The fourth-order valence-corrected chi connectivity index (χ4v) is 3.58. The van der Waals surface area contributed by atoms with Crippen molar-refractivity contribution in [3.8, 4) is 11.9 Å². The molecule has 3 rings (SSSR count). The summed E-state index contributed by atoms with van der Waals surface area (Å²) in [5.74, 6) is -0.0652. The van der Waals surface area contributed by atoms with E-state index in [1.807, 2.05) is 18.8 Å². The average Bonchev–Trinajstić information content (AvgIpc) is 2.85. The summed E-state index contributed by atoms with van der Waals surface area (Å²) in [5.41, 5.74) is 0.632. The molecule has 0 unspecified atom stereocenters. The maximum atomic E-state index is 11.9. The monoisotopic (exact) mass is 355 g/mol. The molecule has 136 valence electrons. The van der Waals surface area contributed by atoms with Crippen LogP contribution in [0.25, 0.3) is 0 Å². The van der Waals surface area contributed by atoms with E-state index in [2.05, 4.69) is 20.6 Å². The van der Waals surface area contributed by atoms with Crippen molar-refractivity contribution in [1.29, 1.82) is 5.26 Å². The molecule has 0 radical (unpaired) electrons. The first kappa shape index (κ1) is 17.7. The number of rotatable bonds is 3. The minimum absolute atomic E-state index is 0.153. The largest absolute Gasteiger partial charge is 0.494 e. The second kappa shape index (κ2) is 7.04. The maximum absolute atomic E-state index is 11.9. The molecule has 1 aliphatic carbocycles. The topological polar surface area (TPSA) is 127 Å². The van der Waals surface area contributed by atoms with Crippen LogP contribution in [0.1, 0.15) is 60.5 Å². The molecule has 0 atom stereocenters. The van der Waals surface area contributed by atoms with E-state index in [-0.39, 0.29) is 11.6 Å². The lowest BCUT2D eigenvalue weighted by Crippen LogP contribution is -2.24. The number of H-pyrrole nitrogens is 2. The van der Waals surface area contributed by atoms with Gasteiger partial charge in [0.1, 0.15) is 11.6 Å². The molecule has 0 saturated heterocycles. The molecular formula is C18H21N5O3. The Labute approximate surface area is 149 Å². The van der Waals surface area contributed by atoms with Gasteiger partial charge in [-0.25, -0.2) is 9.79 Å². The SMILES string of the molecule is Cc1c(C#N)c(/N=C/c2c(O)[nH]c(=O)[nH]c2=O)n(C2CCCCC2)c1C. The van der Waals surface area contributed by atoms with Crippen molar-refractivity contribution in [3.05, 3.63) is 43.2 Å². The van der Waals surface area contributed by atoms with Gasteiger partial charge in [0.2, 0.25) is 5.88 Å². The van der Waals surface area contributed by atoms with Crippen molar-refractivity contribution in [1.82, 2.24) is 14.5 Å². The van der Waals surface area contributed by atoms with Gasteiger partial charge in [0.15, 0.2) is 5.82 Å². The fourth-order valence-electron chi connectivity index (χ4n) is 3.58. The highest BCUT2D eigenvalue weighted by Crippen LogP contribution is 2.38. The highest BCUT2D eigenvalue weighted by atomic mass is 16.3. The van der Waals surface area contributed by atoms with E-state index in [9.17, 15) is 20.0 Å². The predicted molar refractivity (Wildman–Crippen MR) is 97.3 cm³/mol. The Balaban J connectivity index is 2.13. The van der Waals surface area contributed by atoms with Gasteiger partial charge in [0.25, 0.3) is 5.56 Å². The maximum Gasteiger partial charge on any atom is 0.328 e. The molecule has 3 N–H and O–H groups in total. The summed E-state index contributed by atoms with van der Waals surface area (Å²) in [4.78, 5) is 31.6. The molecule has 8 heteroatoms. The van der Waals surface area contributed by atoms with Crippen molar-refractivity contribution < 1.29 is 5.11 Å². The molecule has 1 aliphatic rings. The number of aromatic nitrogens is 3. The van der Waals surface area contributed by atoms with Crippen LogP contribution in [0.15, 0.2) is 14.6 Å². The van der Waals surface area contributed by atoms with Crippen molar-refractivity contribution in [2.24, 2.45) is 4.99 Å². The number of nitrogens with one attached hydrogen (secondary N) is 2.